The molecule has 42 heavy (non-hydrogen) atoms. The molecule has 7 nitrogen and oxygen atoms in total. The standard InChI is InChI=1S/C35H26N2O5/c38-33(28-16-18-32(19-17-28)37(41)42)20-13-25-11-14-29(15-12-25)35(40)36-23-30(21-26-7-3-1-4-8-26)34(39)31(24-36)22-27-9-5-2-6-10-27/h1-22H,23-24H2/b20-13+,30-21+,31-22+. The molecule has 0 saturated carbocycles. The molecule has 1 aliphatic heterocycles. The maximum Gasteiger partial charge on any atom is 0.269 e. The lowest BCUT2D eigenvalue weighted by molar-refractivity contribution is -0.384. The molecule has 0 unspecified atom stereocenters. The van der Waals surface area contributed by atoms with Gasteiger partial charge in [-0.1, -0.05) is 78.9 Å². The van der Waals surface area contributed by atoms with Gasteiger partial charge in [-0.15, -0.1) is 0 Å². The van der Waals surface area contributed by atoms with Gasteiger partial charge < -0.3 is 4.90 Å². The quantitative estimate of drug-likeness (QED) is 0.110. The van der Waals surface area contributed by atoms with Gasteiger partial charge in [0.15, 0.2) is 11.6 Å². The molecule has 1 saturated heterocycles. The van der Waals surface area contributed by atoms with Crippen LogP contribution in [-0.2, 0) is 4.79 Å². The SMILES string of the molecule is O=C1/C(=C/c2ccccc2)CN(C(=O)c2ccc(/C=C/C(=O)c3ccc([N+](=O)[O-])cc3)cc2)C/C1=C\c1ccccc1. The summed E-state index contributed by atoms with van der Waals surface area (Å²) >= 11 is 0. The fourth-order valence-corrected chi connectivity index (χ4v) is 4.62. The maximum absolute atomic E-state index is 13.6. The van der Waals surface area contributed by atoms with Crippen molar-refractivity contribution in [2.45, 2.75) is 0 Å². The first-order valence-electron chi connectivity index (χ1n) is 13.3. The van der Waals surface area contributed by atoms with Gasteiger partial charge in [0.1, 0.15) is 0 Å². The lowest BCUT2D eigenvalue weighted by Crippen LogP contribution is -2.41. The highest BCUT2D eigenvalue weighted by Gasteiger charge is 2.29. The molecule has 0 aliphatic carbocycles. The molecule has 0 spiro atoms. The largest absolute Gasteiger partial charge is 0.330 e. The number of nitrogens with zero attached hydrogens (tertiary/aromatic N) is 2. The minimum absolute atomic E-state index is 0.0788. The number of carbonyl (C=O) groups is 3. The topological polar surface area (TPSA) is 97.6 Å². The van der Waals surface area contributed by atoms with Gasteiger partial charge in [0.25, 0.3) is 11.6 Å². The van der Waals surface area contributed by atoms with Crippen molar-refractivity contribution in [2.24, 2.45) is 0 Å². The molecule has 206 valence electrons. The molecule has 0 radical (unpaired) electrons. The molecule has 1 fully saturated rings. The number of non-ortho nitro benzene ring substituents is 1. The number of nitro benzene ring substituents is 1. The van der Waals surface area contributed by atoms with E-state index in [0.29, 0.717) is 27.8 Å². The van der Waals surface area contributed by atoms with Crippen LogP contribution >= 0.6 is 0 Å². The van der Waals surface area contributed by atoms with Gasteiger partial charge in [0, 0.05) is 34.4 Å². The van der Waals surface area contributed by atoms with Crippen LogP contribution in [0.4, 0.5) is 5.69 Å². The van der Waals surface area contributed by atoms with Crippen molar-refractivity contribution in [1.29, 1.82) is 0 Å². The van der Waals surface area contributed by atoms with E-state index in [1.165, 1.54) is 30.3 Å². The Morgan fingerprint density at radius 1 is 0.667 bits per heavy atom. The number of carbonyl (C=O) groups excluding carboxylic acids is 3. The zero-order chi connectivity index (χ0) is 29.5. The summed E-state index contributed by atoms with van der Waals surface area (Å²) in [5, 5.41) is 10.8. The molecular formula is C35H26N2O5. The number of ketones is 2. The minimum atomic E-state index is -0.518. The number of amides is 1. The number of Topliss-reactive ketones (excluding diaryl/α,β-unsaturated/α-hetero) is 1. The van der Waals surface area contributed by atoms with Gasteiger partial charge >= 0.3 is 0 Å². The fraction of sp³-hybridized carbons (Fsp3) is 0.0571. The molecule has 7 heteroatoms. The van der Waals surface area contributed by atoms with Crippen LogP contribution in [0.3, 0.4) is 0 Å². The third-order valence-corrected chi connectivity index (χ3v) is 6.82. The minimum Gasteiger partial charge on any atom is -0.330 e. The number of allylic oxidation sites excluding steroid dienone is 1. The van der Waals surface area contributed by atoms with Crippen molar-refractivity contribution >= 4 is 41.4 Å². The molecular weight excluding hydrogens is 528 g/mol. The Morgan fingerprint density at radius 3 is 1.67 bits per heavy atom. The Balaban J connectivity index is 1.34. The predicted octanol–water partition coefficient (Wildman–Crippen LogP) is 6.68. The second-order valence-corrected chi connectivity index (χ2v) is 9.77. The van der Waals surface area contributed by atoms with Gasteiger partial charge in [-0.3, -0.25) is 24.5 Å². The molecule has 0 bridgehead atoms. The van der Waals surface area contributed by atoms with Gasteiger partial charge in [-0.2, -0.15) is 0 Å². The van der Waals surface area contributed by atoms with Gasteiger partial charge in [-0.25, -0.2) is 0 Å². The molecule has 5 rings (SSSR count). The number of nitro groups is 1. The van der Waals surface area contributed by atoms with Crippen LogP contribution in [-0.4, -0.2) is 40.4 Å². The molecule has 1 amide bonds. The second kappa shape index (κ2) is 12.7. The predicted molar refractivity (Wildman–Crippen MR) is 163 cm³/mol. The van der Waals surface area contributed by atoms with Crippen molar-refractivity contribution in [1.82, 2.24) is 4.90 Å². The Morgan fingerprint density at radius 2 is 1.17 bits per heavy atom. The van der Waals surface area contributed by atoms with Crippen LogP contribution < -0.4 is 0 Å². The van der Waals surface area contributed by atoms with Gasteiger partial charge in [0.2, 0.25) is 0 Å². The average Bonchev–Trinajstić information content (AvgIpc) is 3.02. The number of benzene rings is 4. The van der Waals surface area contributed by atoms with E-state index in [4.69, 9.17) is 0 Å². The van der Waals surface area contributed by atoms with Crippen LogP contribution in [0.25, 0.3) is 18.2 Å². The summed E-state index contributed by atoms with van der Waals surface area (Å²) in [6, 6.07) is 31.4. The normalized spacial score (nSPS) is 15.3. The average molecular weight is 555 g/mol. The van der Waals surface area contributed by atoms with E-state index in [-0.39, 0.29) is 36.3 Å². The smallest absolute Gasteiger partial charge is 0.269 e. The number of piperidine rings is 1. The third kappa shape index (κ3) is 6.71. The van der Waals surface area contributed by atoms with Crippen LogP contribution in [0.1, 0.15) is 37.4 Å². The first kappa shape index (κ1) is 27.9. The molecule has 0 atom stereocenters. The van der Waals surface area contributed by atoms with Crippen LogP contribution in [0.2, 0.25) is 0 Å². The summed E-state index contributed by atoms with van der Waals surface area (Å²) in [5.74, 6) is -0.582. The van der Waals surface area contributed by atoms with Gasteiger partial charge in [0.05, 0.1) is 18.0 Å². The van der Waals surface area contributed by atoms with Gasteiger partial charge in [-0.05, 0) is 59.2 Å². The number of likely N-dealkylation sites (tertiary alicyclic amines) is 1. The summed E-state index contributed by atoms with van der Waals surface area (Å²) in [6.45, 7) is 0.369. The monoisotopic (exact) mass is 554 g/mol. The summed E-state index contributed by atoms with van der Waals surface area (Å²) < 4.78 is 0. The zero-order valence-corrected chi connectivity index (χ0v) is 22.6. The maximum atomic E-state index is 13.6. The lowest BCUT2D eigenvalue weighted by atomic mass is 9.93. The second-order valence-electron chi connectivity index (χ2n) is 9.77. The first-order valence-corrected chi connectivity index (χ1v) is 13.3. The van der Waals surface area contributed by atoms with Crippen molar-refractivity contribution in [3.63, 3.8) is 0 Å². The summed E-state index contributed by atoms with van der Waals surface area (Å²) in [4.78, 5) is 51.4. The zero-order valence-electron chi connectivity index (χ0n) is 22.6. The summed E-state index contributed by atoms with van der Waals surface area (Å²) in [5.41, 5.74) is 4.26. The van der Waals surface area contributed by atoms with E-state index in [1.54, 1.807) is 35.2 Å². The van der Waals surface area contributed by atoms with Crippen LogP contribution in [0.5, 0.6) is 0 Å². The molecule has 0 aromatic heterocycles. The van der Waals surface area contributed by atoms with Crippen LogP contribution in [0, 0.1) is 10.1 Å². The molecule has 4 aromatic carbocycles. The molecule has 1 heterocycles. The highest BCUT2D eigenvalue weighted by Crippen LogP contribution is 2.24. The van der Waals surface area contributed by atoms with E-state index >= 15 is 0 Å². The van der Waals surface area contributed by atoms with Crippen molar-refractivity contribution in [2.75, 3.05) is 13.1 Å². The van der Waals surface area contributed by atoms with E-state index < -0.39 is 4.92 Å². The highest BCUT2D eigenvalue weighted by molar-refractivity contribution is 6.16. The number of hydrogen-bond donors (Lipinski definition) is 0. The molecule has 1 aliphatic rings. The van der Waals surface area contributed by atoms with E-state index in [2.05, 4.69) is 0 Å². The molecule has 0 N–H and O–H groups in total. The Bertz CT molecular complexity index is 1660. The summed E-state index contributed by atoms with van der Waals surface area (Å²) in [7, 11) is 0. The Labute approximate surface area is 242 Å². The number of rotatable bonds is 7. The summed E-state index contributed by atoms with van der Waals surface area (Å²) in [6.07, 6.45) is 6.67. The molecule has 4 aromatic rings. The van der Waals surface area contributed by atoms with Crippen molar-refractivity contribution in [3.05, 3.63) is 164 Å². The van der Waals surface area contributed by atoms with E-state index in [0.717, 1.165) is 11.1 Å². The van der Waals surface area contributed by atoms with Crippen molar-refractivity contribution < 1.29 is 19.3 Å². The number of hydrogen-bond acceptors (Lipinski definition) is 5. The Kier molecular flexibility index (Phi) is 8.40. The Hall–Kier alpha value is -5.69. The van der Waals surface area contributed by atoms with Crippen LogP contribution in [0.15, 0.2) is 126 Å². The first-order chi connectivity index (χ1) is 20.4. The van der Waals surface area contributed by atoms with E-state index in [9.17, 15) is 24.5 Å². The third-order valence-electron chi connectivity index (χ3n) is 6.82. The van der Waals surface area contributed by atoms with Crippen molar-refractivity contribution in [3.8, 4) is 0 Å². The lowest BCUT2D eigenvalue weighted by Gasteiger charge is -2.30. The highest BCUT2D eigenvalue weighted by atomic mass is 16.6. The van der Waals surface area contributed by atoms with E-state index in [1.807, 2.05) is 72.8 Å². The fourth-order valence-electron chi connectivity index (χ4n) is 4.62.